The SMILES string of the molecule is Cc1ccc(-c2cc(NC[C@@H](C)c3cccc4ccc(N)nc34)ncn2)cn1. The Labute approximate surface area is 163 Å². The van der Waals surface area contributed by atoms with Crippen molar-refractivity contribution in [2.75, 3.05) is 17.6 Å². The van der Waals surface area contributed by atoms with Crippen molar-refractivity contribution in [3.8, 4) is 11.3 Å². The van der Waals surface area contributed by atoms with Gasteiger partial charge in [-0.3, -0.25) is 4.98 Å². The zero-order valence-corrected chi connectivity index (χ0v) is 15.9. The van der Waals surface area contributed by atoms with Gasteiger partial charge in [-0.2, -0.15) is 0 Å². The van der Waals surface area contributed by atoms with Crippen molar-refractivity contribution < 1.29 is 0 Å². The van der Waals surface area contributed by atoms with E-state index in [1.54, 1.807) is 6.33 Å². The zero-order chi connectivity index (χ0) is 19.5. The molecule has 0 aliphatic carbocycles. The number of aromatic nitrogens is 4. The first-order valence-corrected chi connectivity index (χ1v) is 9.24. The maximum Gasteiger partial charge on any atom is 0.129 e. The second kappa shape index (κ2) is 7.60. The Balaban J connectivity index is 1.53. The molecule has 3 N–H and O–H groups in total. The molecule has 140 valence electrons. The molecule has 4 rings (SSSR count). The standard InChI is InChI=1S/C22H22N6/c1-14(18-5-3-4-16-8-9-20(23)28-22(16)18)11-25-21-10-19(26-13-27-21)17-7-6-15(2)24-12-17/h3-10,12-14H,11H2,1-2H3,(H2,23,28)(H,25,26,27)/t14-/m1/s1. The number of hydrogen-bond donors (Lipinski definition) is 2. The molecule has 0 bridgehead atoms. The maximum absolute atomic E-state index is 5.89. The number of nitrogens with two attached hydrogens (primary N) is 1. The van der Waals surface area contributed by atoms with Gasteiger partial charge in [0, 0.05) is 41.4 Å². The molecule has 3 heterocycles. The molecule has 0 saturated carbocycles. The number of nitrogen functional groups attached to an aromatic ring is 1. The van der Waals surface area contributed by atoms with Gasteiger partial charge in [0.25, 0.3) is 0 Å². The highest BCUT2D eigenvalue weighted by atomic mass is 15.0. The normalized spacial score (nSPS) is 12.1. The van der Waals surface area contributed by atoms with E-state index in [1.165, 1.54) is 0 Å². The molecule has 28 heavy (non-hydrogen) atoms. The third-order valence-corrected chi connectivity index (χ3v) is 4.77. The fourth-order valence-electron chi connectivity index (χ4n) is 3.18. The van der Waals surface area contributed by atoms with E-state index in [1.807, 2.05) is 43.5 Å². The van der Waals surface area contributed by atoms with Crippen molar-refractivity contribution in [2.24, 2.45) is 0 Å². The first kappa shape index (κ1) is 17.9. The van der Waals surface area contributed by atoms with Crippen LogP contribution in [0.3, 0.4) is 0 Å². The zero-order valence-electron chi connectivity index (χ0n) is 15.9. The molecule has 6 heteroatoms. The van der Waals surface area contributed by atoms with Crippen LogP contribution in [0.2, 0.25) is 0 Å². The number of hydrogen-bond acceptors (Lipinski definition) is 6. The summed E-state index contributed by atoms with van der Waals surface area (Å²) in [5.41, 5.74) is 10.8. The van der Waals surface area contributed by atoms with Crippen LogP contribution in [-0.4, -0.2) is 26.5 Å². The summed E-state index contributed by atoms with van der Waals surface area (Å²) in [5.74, 6) is 1.55. The van der Waals surface area contributed by atoms with Gasteiger partial charge >= 0.3 is 0 Å². The first-order chi connectivity index (χ1) is 13.6. The van der Waals surface area contributed by atoms with E-state index in [9.17, 15) is 0 Å². The number of fused-ring (bicyclic) bond motifs is 1. The van der Waals surface area contributed by atoms with E-state index in [-0.39, 0.29) is 5.92 Å². The number of nitrogens with one attached hydrogen (secondary N) is 1. The summed E-state index contributed by atoms with van der Waals surface area (Å²) in [6.45, 7) is 4.85. The van der Waals surface area contributed by atoms with Gasteiger partial charge in [-0.15, -0.1) is 0 Å². The highest BCUT2D eigenvalue weighted by Crippen LogP contribution is 2.25. The minimum Gasteiger partial charge on any atom is -0.384 e. The highest BCUT2D eigenvalue weighted by Gasteiger charge is 2.11. The number of benzene rings is 1. The van der Waals surface area contributed by atoms with Crippen LogP contribution in [0.4, 0.5) is 11.6 Å². The number of pyridine rings is 2. The van der Waals surface area contributed by atoms with Gasteiger partial charge in [0.1, 0.15) is 18.0 Å². The van der Waals surface area contributed by atoms with Crippen LogP contribution in [0, 0.1) is 6.92 Å². The third kappa shape index (κ3) is 3.76. The van der Waals surface area contributed by atoms with E-state index >= 15 is 0 Å². The molecule has 0 amide bonds. The lowest BCUT2D eigenvalue weighted by Crippen LogP contribution is -2.12. The van der Waals surface area contributed by atoms with Gasteiger partial charge in [-0.25, -0.2) is 15.0 Å². The van der Waals surface area contributed by atoms with Crippen molar-refractivity contribution in [2.45, 2.75) is 19.8 Å². The topological polar surface area (TPSA) is 89.6 Å². The molecule has 0 radical (unpaired) electrons. The Morgan fingerprint density at radius 3 is 2.75 bits per heavy atom. The van der Waals surface area contributed by atoms with Gasteiger partial charge in [-0.05, 0) is 36.8 Å². The lowest BCUT2D eigenvalue weighted by molar-refractivity contribution is 0.806. The Bertz CT molecular complexity index is 1110. The van der Waals surface area contributed by atoms with E-state index in [0.717, 1.165) is 45.8 Å². The smallest absolute Gasteiger partial charge is 0.129 e. The quantitative estimate of drug-likeness (QED) is 0.547. The van der Waals surface area contributed by atoms with Gasteiger partial charge in [0.05, 0.1) is 11.2 Å². The Hall–Kier alpha value is -3.54. The maximum atomic E-state index is 5.89. The predicted octanol–water partition coefficient (Wildman–Crippen LogP) is 4.19. The fourth-order valence-corrected chi connectivity index (χ4v) is 3.18. The van der Waals surface area contributed by atoms with Crippen LogP contribution in [-0.2, 0) is 0 Å². The van der Waals surface area contributed by atoms with Crippen LogP contribution in [0.25, 0.3) is 22.2 Å². The molecule has 3 aromatic heterocycles. The Morgan fingerprint density at radius 2 is 1.93 bits per heavy atom. The van der Waals surface area contributed by atoms with Crippen LogP contribution in [0.5, 0.6) is 0 Å². The molecule has 0 aliphatic heterocycles. The average Bonchev–Trinajstić information content (AvgIpc) is 2.72. The van der Waals surface area contributed by atoms with Crippen molar-refractivity contribution >= 4 is 22.5 Å². The molecule has 0 aliphatic rings. The summed E-state index contributed by atoms with van der Waals surface area (Å²) in [4.78, 5) is 17.6. The fraction of sp³-hybridized carbons (Fsp3) is 0.182. The molecule has 0 spiro atoms. The second-order valence-corrected chi connectivity index (χ2v) is 6.91. The Morgan fingerprint density at radius 1 is 1.04 bits per heavy atom. The van der Waals surface area contributed by atoms with E-state index in [4.69, 9.17) is 5.73 Å². The van der Waals surface area contributed by atoms with Crippen LogP contribution < -0.4 is 11.1 Å². The molecule has 0 saturated heterocycles. The number of para-hydroxylation sites is 1. The number of aryl methyl sites for hydroxylation is 1. The van der Waals surface area contributed by atoms with Gasteiger partial charge < -0.3 is 11.1 Å². The summed E-state index contributed by atoms with van der Waals surface area (Å²) < 4.78 is 0. The summed E-state index contributed by atoms with van der Waals surface area (Å²) in [5, 5.41) is 4.51. The molecule has 0 fully saturated rings. The summed E-state index contributed by atoms with van der Waals surface area (Å²) >= 11 is 0. The van der Waals surface area contributed by atoms with E-state index in [2.05, 4.69) is 50.4 Å². The largest absolute Gasteiger partial charge is 0.384 e. The van der Waals surface area contributed by atoms with Gasteiger partial charge in [0.15, 0.2) is 0 Å². The van der Waals surface area contributed by atoms with Gasteiger partial charge in [-0.1, -0.05) is 25.1 Å². The number of nitrogens with zero attached hydrogens (tertiary/aromatic N) is 4. The lowest BCUT2D eigenvalue weighted by atomic mass is 9.98. The monoisotopic (exact) mass is 370 g/mol. The van der Waals surface area contributed by atoms with Crippen molar-refractivity contribution in [3.05, 3.63) is 72.3 Å². The van der Waals surface area contributed by atoms with Crippen molar-refractivity contribution in [3.63, 3.8) is 0 Å². The average molecular weight is 370 g/mol. The third-order valence-electron chi connectivity index (χ3n) is 4.77. The van der Waals surface area contributed by atoms with E-state index in [0.29, 0.717) is 5.82 Å². The van der Waals surface area contributed by atoms with Crippen LogP contribution in [0.1, 0.15) is 24.1 Å². The summed E-state index contributed by atoms with van der Waals surface area (Å²) in [7, 11) is 0. The van der Waals surface area contributed by atoms with E-state index < -0.39 is 0 Å². The molecular weight excluding hydrogens is 348 g/mol. The molecule has 6 nitrogen and oxygen atoms in total. The molecule has 1 atom stereocenters. The Kier molecular flexibility index (Phi) is 4.85. The molecule has 4 aromatic rings. The van der Waals surface area contributed by atoms with Gasteiger partial charge in [0.2, 0.25) is 0 Å². The number of anilines is 2. The molecule has 0 unspecified atom stereocenters. The van der Waals surface area contributed by atoms with Crippen molar-refractivity contribution in [1.82, 2.24) is 19.9 Å². The summed E-state index contributed by atoms with van der Waals surface area (Å²) in [6.07, 6.45) is 3.40. The van der Waals surface area contributed by atoms with Crippen LogP contribution in [0.15, 0.2) is 61.1 Å². The number of rotatable bonds is 5. The minimum atomic E-state index is 0.234. The predicted molar refractivity (Wildman–Crippen MR) is 113 cm³/mol. The van der Waals surface area contributed by atoms with Crippen molar-refractivity contribution in [1.29, 1.82) is 0 Å². The minimum absolute atomic E-state index is 0.234. The van der Waals surface area contributed by atoms with Crippen LogP contribution >= 0.6 is 0 Å². The highest BCUT2D eigenvalue weighted by molar-refractivity contribution is 5.83. The molecule has 1 aromatic carbocycles. The summed E-state index contributed by atoms with van der Waals surface area (Å²) in [6, 6.07) is 16.0. The second-order valence-electron chi connectivity index (χ2n) is 6.91. The lowest BCUT2D eigenvalue weighted by Gasteiger charge is -2.16. The molecular formula is C22H22N6. The first-order valence-electron chi connectivity index (χ1n) is 9.24.